The number of sulfonamides is 1. The number of hydrogen-bond donors (Lipinski definition) is 5. The first-order valence-corrected chi connectivity index (χ1v) is 19.6. The van der Waals surface area contributed by atoms with Crippen molar-refractivity contribution in [3.63, 3.8) is 0 Å². The van der Waals surface area contributed by atoms with Crippen LogP contribution in [0.25, 0.3) is 15.3 Å². The largest absolute Gasteiger partial charge is 0.480 e. The number of likely N-dealkylation sites (N-methyl/N-ethyl adjacent to an activating group) is 1. The summed E-state index contributed by atoms with van der Waals surface area (Å²) in [4.78, 5) is 25.3. The monoisotopic (exact) mass is 794 g/mol. The number of nitrogens with two attached hydrogens (primary N) is 1. The molecular formula is C35H46N12O6S2. The normalized spacial score (nSPS) is 11.9. The summed E-state index contributed by atoms with van der Waals surface area (Å²) >= 11 is 1.28. The molecule has 294 valence electrons. The van der Waals surface area contributed by atoms with E-state index in [2.05, 4.69) is 55.3 Å². The lowest BCUT2D eigenvalue weighted by atomic mass is 10.1. The number of aryl methyl sites for hydroxylation is 3. The first kappa shape index (κ1) is 41.1. The molecule has 0 saturated heterocycles. The number of azo groups is 1. The Kier molecular flexibility index (Phi) is 13.8. The Bertz CT molecular complexity index is 2220. The summed E-state index contributed by atoms with van der Waals surface area (Å²) in [6, 6.07) is 8.63. The van der Waals surface area contributed by atoms with Gasteiger partial charge in [0.2, 0.25) is 26.9 Å². The van der Waals surface area contributed by atoms with Gasteiger partial charge in [-0.3, -0.25) is 4.79 Å². The van der Waals surface area contributed by atoms with E-state index in [1.807, 2.05) is 13.8 Å². The lowest BCUT2D eigenvalue weighted by Crippen LogP contribution is -2.31. The summed E-state index contributed by atoms with van der Waals surface area (Å²) in [6.07, 6.45) is 3.11. The fourth-order valence-corrected chi connectivity index (χ4v) is 7.63. The molecule has 0 aliphatic heterocycles. The smallest absolute Gasteiger partial charge is 0.318 e. The number of benzene rings is 2. The molecule has 6 N–H and O–H groups in total. The Balaban J connectivity index is 1.52. The second kappa shape index (κ2) is 18.5. The van der Waals surface area contributed by atoms with E-state index < -0.39 is 22.5 Å². The number of carboxylic acids is 1. The number of ether oxygens (including phenoxy) is 2. The number of aliphatic carboxylic acids is 1. The van der Waals surface area contributed by atoms with E-state index in [0.29, 0.717) is 83.3 Å². The molecule has 0 atom stereocenters. The van der Waals surface area contributed by atoms with E-state index in [4.69, 9.17) is 30.3 Å². The van der Waals surface area contributed by atoms with Gasteiger partial charge in [-0.2, -0.15) is 14.3 Å². The second-order valence-corrected chi connectivity index (χ2v) is 15.7. The quantitative estimate of drug-likeness (QED) is 0.0489. The molecule has 0 spiro atoms. The van der Waals surface area contributed by atoms with Crippen molar-refractivity contribution in [2.24, 2.45) is 16.0 Å². The molecule has 3 heterocycles. The molecule has 0 unspecified atom stereocenters. The van der Waals surface area contributed by atoms with Crippen molar-refractivity contribution in [3.05, 3.63) is 58.8 Å². The number of fused-ring (bicyclic) bond motifs is 1. The lowest BCUT2D eigenvalue weighted by Gasteiger charge is -2.17. The summed E-state index contributed by atoms with van der Waals surface area (Å²) in [5.74, 6) is 0.218. The first-order valence-electron chi connectivity index (χ1n) is 17.4. The van der Waals surface area contributed by atoms with E-state index in [9.17, 15) is 13.2 Å². The van der Waals surface area contributed by atoms with Crippen molar-refractivity contribution in [1.82, 2.24) is 29.0 Å². The Morgan fingerprint density at radius 1 is 0.982 bits per heavy atom. The van der Waals surface area contributed by atoms with E-state index >= 15 is 0 Å². The molecule has 3 aromatic heterocycles. The molecule has 18 nitrogen and oxygen atoms in total. The third-order valence-corrected chi connectivity index (χ3v) is 11.1. The molecule has 5 aromatic rings. The number of carbonyl (C=O) groups is 1. The molecule has 55 heavy (non-hydrogen) atoms. The molecule has 0 aliphatic rings. The number of nitrogens with zero attached hydrogens (tertiary/aromatic N) is 8. The van der Waals surface area contributed by atoms with Crippen LogP contribution < -0.4 is 21.7 Å². The van der Waals surface area contributed by atoms with Crippen LogP contribution in [0.1, 0.15) is 35.1 Å². The predicted molar refractivity (Wildman–Crippen MR) is 212 cm³/mol. The minimum Gasteiger partial charge on any atom is -0.480 e. The highest BCUT2D eigenvalue weighted by Crippen LogP contribution is 2.36. The van der Waals surface area contributed by atoms with Crippen molar-refractivity contribution in [2.75, 3.05) is 70.1 Å². The average molecular weight is 795 g/mol. The minimum atomic E-state index is -4.06. The third-order valence-electron chi connectivity index (χ3n) is 8.28. The number of anilines is 4. The zero-order valence-corrected chi connectivity index (χ0v) is 33.2. The van der Waals surface area contributed by atoms with Gasteiger partial charge in [-0.25, -0.2) is 18.1 Å². The van der Waals surface area contributed by atoms with Gasteiger partial charge in [0.25, 0.3) is 0 Å². The Hall–Kier alpha value is -5.12. The van der Waals surface area contributed by atoms with Crippen LogP contribution in [0.3, 0.4) is 0 Å². The molecular weight excluding hydrogens is 749 g/mol. The topological polar surface area (TPSA) is 236 Å². The lowest BCUT2D eigenvalue weighted by molar-refractivity contribution is -0.137. The van der Waals surface area contributed by atoms with Crippen molar-refractivity contribution < 1.29 is 27.8 Å². The van der Waals surface area contributed by atoms with Crippen LogP contribution in [-0.2, 0) is 30.8 Å². The van der Waals surface area contributed by atoms with Gasteiger partial charge >= 0.3 is 5.97 Å². The SMILES string of the molecule is COCCCNc1nc(Nc2c(C)cc(C)cc2C)nc(NCCCOC)c1N=Nc1nn(-c2nc3cc(S(=O)(=O)N(C)CC(=O)O)ccc3s2)cc1CN. The maximum Gasteiger partial charge on any atom is 0.318 e. The van der Waals surface area contributed by atoms with E-state index in [0.717, 1.165) is 26.7 Å². The fraction of sp³-hybridized carbons (Fsp3) is 0.400. The van der Waals surface area contributed by atoms with Crippen molar-refractivity contribution >= 4 is 72.3 Å². The van der Waals surface area contributed by atoms with Crippen LogP contribution in [0, 0.1) is 20.8 Å². The minimum absolute atomic E-state index is 0.0796. The molecule has 0 saturated carbocycles. The summed E-state index contributed by atoms with van der Waals surface area (Å²) < 4.78 is 39.4. The van der Waals surface area contributed by atoms with Gasteiger partial charge in [0.05, 0.1) is 15.1 Å². The molecule has 0 aliphatic carbocycles. The van der Waals surface area contributed by atoms with E-state index in [-0.39, 0.29) is 17.3 Å². The highest BCUT2D eigenvalue weighted by Gasteiger charge is 2.24. The molecule has 5 rings (SSSR count). The van der Waals surface area contributed by atoms with Crippen LogP contribution in [-0.4, -0.2) is 103 Å². The molecule has 0 fully saturated rings. The number of thiazole rings is 1. The van der Waals surface area contributed by atoms with E-state index in [1.54, 1.807) is 26.5 Å². The predicted octanol–water partition coefficient (Wildman–Crippen LogP) is 5.42. The van der Waals surface area contributed by atoms with Gasteiger partial charge < -0.3 is 36.3 Å². The Morgan fingerprint density at radius 2 is 1.62 bits per heavy atom. The number of aromatic nitrogens is 5. The van der Waals surface area contributed by atoms with Gasteiger partial charge in [0.15, 0.2) is 17.3 Å². The van der Waals surface area contributed by atoms with Crippen LogP contribution in [0.2, 0.25) is 0 Å². The highest BCUT2D eigenvalue weighted by atomic mass is 32.2. The van der Waals surface area contributed by atoms with Crippen LogP contribution in [0.4, 0.5) is 34.8 Å². The molecule has 20 heteroatoms. The standard InChI is InChI=1S/C35H46N12O6S2/c1-21-15-22(2)29(23(3)16-21)40-34-41-32(37-11-7-13-52-5)30(33(42-34)38-12-8-14-53-6)43-44-31-24(18-36)19-47(45-31)35-39-26-17-25(9-10-27(26)54-35)55(50,51)46(4)20-28(48)49/h9-10,15-17,19H,7-8,11-14,18,20,36H2,1-6H3,(H,48,49)(H3,37,38,40,41,42). The summed E-state index contributed by atoms with van der Waals surface area (Å²) in [5, 5.41) is 33.5. The van der Waals surface area contributed by atoms with Crippen LogP contribution >= 0.6 is 11.3 Å². The highest BCUT2D eigenvalue weighted by molar-refractivity contribution is 7.89. The molecule has 0 bridgehead atoms. The average Bonchev–Trinajstić information content (AvgIpc) is 3.76. The Labute approximate surface area is 323 Å². The van der Waals surface area contributed by atoms with Crippen molar-refractivity contribution in [2.45, 2.75) is 45.1 Å². The molecule has 2 aromatic carbocycles. The first-order chi connectivity index (χ1) is 26.3. The zero-order chi connectivity index (χ0) is 39.7. The third kappa shape index (κ3) is 10.1. The molecule has 0 amide bonds. The van der Waals surface area contributed by atoms with E-state index in [1.165, 1.54) is 35.2 Å². The van der Waals surface area contributed by atoms with Gasteiger partial charge in [-0.15, -0.1) is 15.3 Å². The maximum atomic E-state index is 13.0. The second-order valence-electron chi connectivity index (χ2n) is 12.6. The summed E-state index contributed by atoms with van der Waals surface area (Å²) in [7, 11) is 0.446. The molecule has 0 radical (unpaired) electrons. The van der Waals surface area contributed by atoms with Crippen LogP contribution in [0.15, 0.2) is 51.7 Å². The number of nitrogens with one attached hydrogen (secondary N) is 3. The summed E-state index contributed by atoms with van der Waals surface area (Å²) in [6.45, 7) is 7.72. The summed E-state index contributed by atoms with van der Waals surface area (Å²) in [5.41, 5.74) is 11.6. The zero-order valence-electron chi connectivity index (χ0n) is 31.6. The fourth-order valence-electron chi connectivity index (χ4n) is 5.62. The number of carboxylic acid groups (broad SMARTS) is 1. The van der Waals surface area contributed by atoms with Crippen molar-refractivity contribution in [1.29, 1.82) is 0 Å². The van der Waals surface area contributed by atoms with Gasteiger partial charge in [0.1, 0.15) is 6.54 Å². The van der Waals surface area contributed by atoms with Gasteiger partial charge in [-0.05, 0) is 62.9 Å². The Morgan fingerprint density at radius 3 is 2.20 bits per heavy atom. The van der Waals surface area contributed by atoms with Crippen LogP contribution in [0.5, 0.6) is 0 Å². The van der Waals surface area contributed by atoms with Crippen molar-refractivity contribution in [3.8, 4) is 5.13 Å². The number of methoxy groups -OCH3 is 2. The maximum absolute atomic E-state index is 13.0. The van der Waals surface area contributed by atoms with Gasteiger partial charge in [0, 0.05) is 71.6 Å². The van der Waals surface area contributed by atoms with Gasteiger partial charge in [-0.1, -0.05) is 29.0 Å². The number of hydrogen-bond acceptors (Lipinski definition) is 16. The number of rotatable bonds is 20.